The van der Waals surface area contributed by atoms with Gasteiger partial charge in [-0.1, -0.05) is 35.0 Å². The number of carbonyl (C=O) groups excluding carboxylic acids is 1. The Morgan fingerprint density at radius 2 is 2.29 bits per heavy atom. The molecule has 17 heavy (non-hydrogen) atoms. The Kier molecular flexibility index (Phi) is 5.00. The molecular formula is C12H17N3O2. The van der Waals surface area contributed by atoms with Crippen molar-refractivity contribution in [1.82, 2.24) is 5.32 Å². The molecule has 0 aliphatic rings. The maximum absolute atomic E-state index is 11.4. The Morgan fingerprint density at radius 1 is 1.53 bits per heavy atom. The first-order valence-electron chi connectivity index (χ1n) is 5.40. The lowest BCUT2D eigenvalue weighted by molar-refractivity contribution is -0.120. The largest absolute Gasteiger partial charge is 0.409 e. The summed E-state index contributed by atoms with van der Waals surface area (Å²) in [6, 6.07) is 8.03. The number of amidine groups is 1. The second kappa shape index (κ2) is 6.52. The van der Waals surface area contributed by atoms with Crippen LogP contribution in [0.2, 0.25) is 0 Å². The second-order valence-electron chi connectivity index (χ2n) is 3.86. The smallest absolute Gasteiger partial charge is 0.220 e. The molecule has 0 heterocycles. The zero-order valence-electron chi connectivity index (χ0n) is 9.81. The highest BCUT2D eigenvalue weighted by molar-refractivity contribution is 5.86. The number of oxime groups is 1. The van der Waals surface area contributed by atoms with Gasteiger partial charge in [-0.25, -0.2) is 0 Å². The number of carbonyl (C=O) groups is 1. The van der Waals surface area contributed by atoms with Gasteiger partial charge in [0, 0.05) is 6.42 Å². The van der Waals surface area contributed by atoms with E-state index in [1.807, 2.05) is 25.1 Å². The van der Waals surface area contributed by atoms with Crippen molar-refractivity contribution < 1.29 is 10.0 Å². The van der Waals surface area contributed by atoms with E-state index in [1.165, 1.54) is 5.56 Å². The highest BCUT2D eigenvalue weighted by Gasteiger charge is 2.03. The summed E-state index contributed by atoms with van der Waals surface area (Å²) in [5.74, 6) is -0.119. The van der Waals surface area contributed by atoms with Crippen LogP contribution in [0.15, 0.2) is 29.4 Å². The molecule has 0 saturated carbocycles. The van der Waals surface area contributed by atoms with Crippen LogP contribution in [-0.2, 0) is 11.2 Å². The summed E-state index contributed by atoms with van der Waals surface area (Å²) in [6.07, 6.45) is 1.08. The normalized spacial score (nSPS) is 11.2. The van der Waals surface area contributed by atoms with Crippen LogP contribution >= 0.6 is 0 Å². The predicted molar refractivity (Wildman–Crippen MR) is 65.9 cm³/mol. The van der Waals surface area contributed by atoms with Crippen molar-refractivity contribution >= 4 is 11.7 Å². The topological polar surface area (TPSA) is 87.7 Å². The number of aryl methyl sites for hydroxylation is 2. The summed E-state index contributed by atoms with van der Waals surface area (Å²) in [5, 5.41) is 13.6. The Labute approximate surface area is 100 Å². The molecule has 1 rings (SSSR count). The average molecular weight is 235 g/mol. The molecular weight excluding hydrogens is 218 g/mol. The summed E-state index contributed by atoms with van der Waals surface area (Å²) >= 11 is 0. The molecule has 0 atom stereocenters. The van der Waals surface area contributed by atoms with Gasteiger partial charge >= 0.3 is 0 Å². The molecule has 1 amide bonds. The van der Waals surface area contributed by atoms with Crippen molar-refractivity contribution in [2.45, 2.75) is 19.8 Å². The first-order valence-corrected chi connectivity index (χ1v) is 5.40. The van der Waals surface area contributed by atoms with E-state index in [4.69, 9.17) is 10.9 Å². The van der Waals surface area contributed by atoms with E-state index in [2.05, 4.69) is 16.5 Å². The van der Waals surface area contributed by atoms with Crippen molar-refractivity contribution in [3.05, 3.63) is 35.4 Å². The zero-order chi connectivity index (χ0) is 12.7. The van der Waals surface area contributed by atoms with Crippen LogP contribution in [0.5, 0.6) is 0 Å². The Hall–Kier alpha value is -2.04. The van der Waals surface area contributed by atoms with E-state index in [0.717, 1.165) is 5.56 Å². The fourth-order valence-electron chi connectivity index (χ4n) is 1.44. The number of hydrogen-bond donors (Lipinski definition) is 3. The van der Waals surface area contributed by atoms with Gasteiger partial charge in [-0.3, -0.25) is 4.79 Å². The highest BCUT2D eigenvalue weighted by atomic mass is 16.4. The third kappa shape index (κ3) is 5.01. The molecule has 0 aromatic heterocycles. The molecule has 5 heteroatoms. The zero-order valence-corrected chi connectivity index (χ0v) is 9.81. The molecule has 5 nitrogen and oxygen atoms in total. The van der Waals surface area contributed by atoms with Gasteiger partial charge in [0.1, 0.15) is 0 Å². The van der Waals surface area contributed by atoms with E-state index in [-0.39, 0.29) is 18.3 Å². The Morgan fingerprint density at radius 3 is 2.94 bits per heavy atom. The third-order valence-electron chi connectivity index (χ3n) is 2.32. The maximum Gasteiger partial charge on any atom is 0.220 e. The van der Waals surface area contributed by atoms with Crippen LogP contribution in [0.1, 0.15) is 17.5 Å². The van der Waals surface area contributed by atoms with Gasteiger partial charge in [-0.05, 0) is 18.9 Å². The first kappa shape index (κ1) is 13.0. The lowest BCUT2D eigenvalue weighted by Gasteiger charge is -2.04. The third-order valence-corrected chi connectivity index (χ3v) is 2.32. The molecule has 0 bridgehead atoms. The van der Waals surface area contributed by atoms with Crippen LogP contribution < -0.4 is 11.1 Å². The second-order valence-corrected chi connectivity index (χ2v) is 3.86. The summed E-state index contributed by atoms with van der Waals surface area (Å²) in [4.78, 5) is 11.4. The van der Waals surface area contributed by atoms with Crippen LogP contribution in [0.4, 0.5) is 0 Å². The van der Waals surface area contributed by atoms with Gasteiger partial charge in [-0.15, -0.1) is 0 Å². The number of nitrogens with two attached hydrogens (primary N) is 1. The molecule has 0 spiro atoms. The molecule has 4 N–H and O–H groups in total. The van der Waals surface area contributed by atoms with Gasteiger partial charge in [0.25, 0.3) is 0 Å². The highest BCUT2D eigenvalue weighted by Crippen LogP contribution is 2.06. The monoisotopic (exact) mass is 235 g/mol. The van der Waals surface area contributed by atoms with Crippen molar-refractivity contribution in [3.8, 4) is 0 Å². The summed E-state index contributed by atoms with van der Waals surface area (Å²) in [7, 11) is 0. The molecule has 92 valence electrons. The number of nitrogens with zero attached hydrogens (tertiary/aromatic N) is 1. The van der Waals surface area contributed by atoms with E-state index in [1.54, 1.807) is 0 Å². The lowest BCUT2D eigenvalue weighted by atomic mass is 10.1. The first-order chi connectivity index (χ1) is 8.11. The molecule has 0 aliphatic heterocycles. The fraction of sp³-hybridized carbons (Fsp3) is 0.333. The van der Waals surface area contributed by atoms with E-state index in [0.29, 0.717) is 12.8 Å². The summed E-state index contributed by atoms with van der Waals surface area (Å²) in [5.41, 5.74) is 7.54. The van der Waals surface area contributed by atoms with Crippen LogP contribution in [0.25, 0.3) is 0 Å². The molecule has 0 radical (unpaired) electrons. The van der Waals surface area contributed by atoms with Gasteiger partial charge in [0.05, 0.1) is 6.54 Å². The van der Waals surface area contributed by atoms with E-state index < -0.39 is 0 Å². The molecule has 0 saturated heterocycles. The quantitative estimate of drug-likeness (QED) is 0.305. The van der Waals surface area contributed by atoms with Crippen molar-refractivity contribution in [1.29, 1.82) is 0 Å². The van der Waals surface area contributed by atoms with Crippen molar-refractivity contribution in [3.63, 3.8) is 0 Å². The van der Waals surface area contributed by atoms with Crippen molar-refractivity contribution in [2.75, 3.05) is 6.54 Å². The van der Waals surface area contributed by atoms with Gasteiger partial charge in [0.2, 0.25) is 5.91 Å². The number of rotatable bonds is 5. The maximum atomic E-state index is 11.4. The van der Waals surface area contributed by atoms with Crippen molar-refractivity contribution in [2.24, 2.45) is 10.9 Å². The molecule has 0 aliphatic carbocycles. The van der Waals surface area contributed by atoms with Crippen LogP contribution in [-0.4, -0.2) is 23.5 Å². The van der Waals surface area contributed by atoms with Gasteiger partial charge in [-0.2, -0.15) is 0 Å². The molecule has 1 aromatic rings. The molecule has 0 fully saturated rings. The fourth-order valence-corrected chi connectivity index (χ4v) is 1.44. The minimum atomic E-state index is -0.113. The molecule has 0 unspecified atom stereocenters. The number of benzene rings is 1. The Bertz CT molecular complexity index is 416. The van der Waals surface area contributed by atoms with Crippen LogP contribution in [0, 0.1) is 6.92 Å². The van der Waals surface area contributed by atoms with Gasteiger partial charge < -0.3 is 16.3 Å². The SMILES string of the molecule is Cc1cccc(CCC(=O)NCC(N)=NO)c1. The summed E-state index contributed by atoms with van der Waals surface area (Å²) < 4.78 is 0. The van der Waals surface area contributed by atoms with Gasteiger partial charge in [0.15, 0.2) is 5.84 Å². The van der Waals surface area contributed by atoms with E-state index >= 15 is 0 Å². The number of nitrogens with one attached hydrogen (secondary N) is 1. The average Bonchev–Trinajstić information content (AvgIpc) is 2.33. The Balaban J connectivity index is 2.33. The predicted octanol–water partition coefficient (Wildman–Crippen LogP) is 0.790. The molecule has 1 aromatic carbocycles. The van der Waals surface area contributed by atoms with Crippen LogP contribution in [0.3, 0.4) is 0 Å². The minimum absolute atomic E-state index is 0.00564. The standard InChI is InChI=1S/C12H17N3O2/c1-9-3-2-4-10(7-9)5-6-12(16)14-8-11(13)15-17/h2-4,7,17H,5-6,8H2,1H3,(H2,13,15)(H,14,16). The van der Waals surface area contributed by atoms with E-state index in [9.17, 15) is 4.79 Å². The minimum Gasteiger partial charge on any atom is -0.409 e. The summed E-state index contributed by atoms with van der Waals surface area (Å²) in [6.45, 7) is 2.09. The lowest BCUT2D eigenvalue weighted by Crippen LogP contribution is -2.33. The number of amides is 1. The number of hydrogen-bond acceptors (Lipinski definition) is 3.